The number of halogens is 1. The van der Waals surface area contributed by atoms with Crippen LogP contribution in [0.5, 0.6) is 0 Å². The molecule has 1 saturated carbocycles. The number of nitrogens with one attached hydrogen (secondary N) is 1. The highest BCUT2D eigenvalue weighted by atomic mass is 35.5. The smallest absolute Gasteiger partial charge is 0.246 e. The van der Waals surface area contributed by atoms with Crippen LogP contribution in [0.25, 0.3) is 0 Å². The van der Waals surface area contributed by atoms with Crippen LogP contribution in [-0.2, 0) is 11.2 Å². The number of hydrogen-bond acceptors (Lipinski definition) is 5. The zero-order valence-corrected chi connectivity index (χ0v) is 14.3. The van der Waals surface area contributed by atoms with Crippen LogP contribution in [0.2, 0.25) is 5.02 Å². The minimum Gasteiger partial charge on any atom is -0.317 e. The number of rotatable bonds is 4. The van der Waals surface area contributed by atoms with Gasteiger partial charge in [0.25, 0.3) is 0 Å². The number of hydrogen-bond donors (Lipinski definition) is 2. The Morgan fingerprint density at radius 1 is 1.30 bits per heavy atom. The molecule has 0 aliphatic heterocycles. The van der Waals surface area contributed by atoms with E-state index in [0.29, 0.717) is 16.6 Å². The number of nitrogens with two attached hydrogens (primary N) is 1. The van der Waals surface area contributed by atoms with Crippen LogP contribution < -0.4 is 11.1 Å². The number of amides is 1. The Balaban J connectivity index is 1.64. The molecule has 1 aromatic heterocycles. The summed E-state index contributed by atoms with van der Waals surface area (Å²) in [5, 5.41) is 13.0. The highest BCUT2D eigenvalue weighted by Crippen LogP contribution is 2.28. The molecule has 3 rings (SSSR count). The highest BCUT2D eigenvalue weighted by molar-refractivity contribution is 7.15. The van der Waals surface area contributed by atoms with Crippen LogP contribution in [0.4, 0.5) is 5.13 Å². The molecular weight excluding hydrogens is 332 g/mol. The summed E-state index contributed by atoms with van der Waals surface area (Å²) in [6.45, 7) is 0. The van der Waals surface area contributed by atoms with Gasteiger partial charge in [-0.15, -0.1) is 10.2 Å². The Morgan fingerprint density at radius 3 is 2.83 bits per heavy atom. The number of anilines is 1. The van der Waals surface area contributed by atoms with Crippen molar-refractivity contribution < 1.29 is 4.79 Å². The molecule has 1 heterocycles. The lowest BCUT2D eigenvalue weighted by Crippen LogP contribution is -2.52. The van der Waals surface area contributed by atoms with Crippen molar-refractivity contribution in [3.05, 3.63) is 39.9 Å². The number of aromatic nitrogens is 2. The van der Waals surface area contributed by atoms with E-state index in [4.69, 9.17) is 17.3 Å². The third-order valence-corrected chi connectivity index (χ3v) is 5.20. The lowest BCUT2D eigenvalue weighted by Gasteiger charge is -2.31. The first-order valence-electron chi connectivity index (χ1n) is 7.72. The molecule has 0 saturated heterocycles. The third kappa shape index (κ3) is 4.07. The molecule has 1 fully saturated rings. The highest BCUT2D eigenvalue weighted by Gasteiger charge is 2.35. The molecule has 0 atom stereocenters. The van der Waals surface area contributed by atoms with Crippen LogP contribution in [0.1, 0.15) is 42.7 Å². The van der Waals surface area contributed by atoms with Gasteiger partial charge in [0.2, 0.25) is 11.0 Å². The zero-order valence-electron chi connectivity index (χ0n) is 12.7. The Hall–Kier alpha value is -1.50. The fraction of sp³-hybridized carbons (Fsp3) is 0.438. The van der Waals surface area contributed by atoms with Gasteiger partial charge in [0, 0.05) is 11.4 Å². The first-order valence-corrected chi connectivity index (χ1v) is 8.92. The molecule has 0 spiro atoms. The van der Waals surface area contributed by atoms with Crippen molar-refractivity contribution in [2.24, 2.45) is 5.73 Å². The number of carbonyl (C=O) groups is 1. The molecule has 2 aromatic rings. The van der Waals surface area contributed by atoms with Crippen molar-refractivity contribution in [2.75, 3.05) is 5.32 Å². The molecule has 122 valence electrons. The quantitative estimate of drug-likeness (QED) is 0.885. The predicted octanol–water partition coefficient (Wildman–Crippen LogP) is 3.38. The molecule has 1 aliphatic carbocycles. The summed E-state index contributed by atoms with van der Waals surface area (Å²) in [6, 6.07) is 7.63. The molecule has 0 radical (unpaired) electrons. The lowest BCUT2D eigenvalue weighted by atomic mass is 9.82. The van der Waals surface area contributed by atoms with Crippen molar-refractivity contribution in [2.45, 2.75) is 44.1 Å². The Morgan fingerprint density at radius 2 is 2.09 bits per heavy atom. The van der Waals surface area contributed by atoms with Crippen LogP contribution in [-0.4, -0.2) is 21.6 Å². The van der Waals surface area contributed by atoms with Crippen LogP contribution in [0.15, 0.2) is 24.3 Å². The maximum atomic E-state index is 12.4. The van der Waals surface area contributed by atoms with Crippen molar-refractivity contribution >= 4 is 34.0 Å². The van der Waals surface area contributed by atoms with E-state index in [1.54, 1.807) is 0 Å². The van der Waals surface area contributed by atoms with Gasteiger partial charge >= 0.3 is 0 Å². The molecule has 0 bridgehead atoms. The fourth-order valence-corrected chi connectivity index (χ4v) is 3.81. The summed E-state index contributed by atoms with van der Waals surface area (Å²) in [4.78, 5) is 12.4. The minimum absolute atomic E-state index is 0.150. The average Bonchev–Trinajstić information content (AvgIpc) is 2.95. The normalized spacial score (nSPS) is 17.0. The van der Waals surface area contributed by atoms with E-state index < -0.39 is 5.54 Å². The fourth-order valence-electron chi connectivity index (χ4n) is 2.83. The van der Waals surface area contributed by atoms with Crippen LogP contribution in [0.3, 0.4) is 0 Å². The van der Waals surface area contributed by atoms with Gasteiger partial charge in [-0.3, -0.25) is 10.1 Å². The van der Waals surface area contributed by atoms with Crippen LogP contribution >= 0.6 is 22.9 Å². The molecule has 1 aromatic carbocycles. The van der Waals surface area contributed by atoms with Crippen molar-refractivity contribution in [1.29, 1.82) is 0 Å². The topological polar surface area (TPSA) is 80.9 Å². The number of benzene rings is 1. The second-order valence-corrected chi connectivity index (χ2v) is 7.48. The molecule has 1 aliphatic rings. The first kappa shape index (κ1) is 16.4. The first-order chi connectivity index (χ1) is 11.0. The molecule has 23 heavy (non-hydrogen) atoms. The van der Waals surface area contributed by atoms with E-state index in [0.717, 1.165) is 42.7 Å². The SMILES string of the molecule is NC1(C(=O)Nc2nnc(Cc3cccc(Cl)c3)s2)CCCCC1. The molecule has 5 nitrogen and oxygen atoms in total. The predicted molar refractivity (Wildman–Crippen MR) is 92.8 cm³/mol. The number of nitrogens with zero attached hydrogens (tertiary/aromatic N) is 2. The zero-order chi connectivity index (χ0) is 16.3. The van der Waals surface area contributed by atoms with Crippen molar-refractivity contribution in [3.8, 4) is 0 Å². The standard InChI is InChI=1S/C16H19ClN4OS/c17-12-6-4-5-11(9-12)10-13-20-21-15(23-13)19-14(22)16(18)7-2-1-3-8-16/h4-6,9H,1-3,7-8,10,18H2,(H,19,21,22). The van der Waals surface area contributed by atoms with Gasteiger partial charge in [-0.05, 0) is 30.5 Å². The summed E-state index contributed by atoms with van der Waals surface area (Å²) in [5.74, 6) is -0.150. The van der Waals surface area contributed by atoms with Crippen molar-refractivity contribution in [3.63, 3.8) is 0 Å². The molecule has 3 N–H and O–H groups in total. The largest absolute Gasteiger partial charge is 0.317 e. The summed E-state index contributed by atoms with van der Waals surface area (Å²) in [7, 11) is 0. The monoisotopic (exact) mass is 350 g/mol. The second-order valence-electron chi connectivity index (χ2n) is 5.98. The van der Waals surface area contributed by atoms with Gasteiger partial charge in [0.05, 0.1) is 5.54 Å². The molecule has 1 amide bonds. The maximum Gasteiger partial charge on any atom is 0.246 e. The van der Waals surface area contributed by atoms with E-state index in [-0.39, 0.29) is 5.91 Å². The second kappa shape index (κ2) is 6.95. The summed E-state index contributed by atoms with van der Waals surface area (Å²) >= 11 is 7.35. The summed E-state index contributed by atoms with van der Waals surface area (Å²) in [5.41, 5.74) is 6.52. The maximum absolute atomic E-state index is 12.4. The molecule has 7 heteroatoms. The van der Waals surface area contributed by atoms with Gasteiger partial charge in [-0.25, -0.2) is 0 Å². The van der Waals surface area contributed by atoms with E-state index >= 15 is 0 Å². The summed E-state index contributed by atoms with van der Waals surface area (Å²) < 4.78 is 0. The van der Waals surface area contributed by atoms with Crippen LogP contribution in [0, 0.1) is 0 Å². The van der Waals surface area contributed by atoms with Gasteiger partial charge in [-0.2, -0.15) is 0 Å². The molecular formula is C16H19ClN4OS. The third-order valence-electron chi connectivity index (χ3n) is 4.13. The number of carbonyl (C=O) groups excluding carboxylic acids is 1. The van der Waals surface area contributed by atoms with Gasteiger partial charge in [0.1, 0.15) is 5.01 Å². The average molecular weight is 351 g/mol. The van der Waals surface area contributed by atoms with E-state index in [9.17, 15) is 4.79 Å². The van der Waals surface area contributed by atoms with E-state index in [1.807, 2.05) is 24.3 Å². The van der Waals surface area contributed by atoms with Gasteiger partial charge in [0.15, 0.2) is 0 Å². The van der Waals surface area contributed by atoms with Gasteiger partial charge < -0.3 is 5.73 Å². The van der Waals surface area contributed by atoms with E-state index in [2.05, 4.69) is 15.5 Å². The van der Waals surface area contributed by atoms with Gasteiger partial charge in [-0.1, -0.05) is 54.3 Å². The minimum atomic E-state index is -0.767. The molecule has 0 unspecified atom stereocenters. The van der Waals surface area contributed by atoms with Crippen molar-refractivity contribution in [1.82, 2.24) is 10.2 Å². The summed E-state index contributed by atoms with van der Waals surface area (Å²) in [6.07, 6.45) is 5.25. The van der Waals surface area contributed by atoms with E-state index in [1.165, 1.54) is 11.3 Å². The lowest BCUT2D eigenvalue weighted by molar-refractivity contribution is -0.122. The Kier molecular flexibility index (Phi) is 4.94. The Bertz CT molecular complexity index is 697. The Labute approximate surface area is 144 Å².